The van der Waals surface area contributed by atoms with Crippen LogP contribution in [0.4, 0.5) is 10.6 Å². The average molecular weight is 564 g/mol. The molecule has 0 atom stereocenters. The SMILES string of the molecule is N#Cc1c(CC(=O)OCCc2ccccc2)nn(-c2ccccc2)c1NC(=O)NS(=O)(=O)c1ccc(Cl)cc1. The summed E-state index contributed by atoms with van der Waals surface area (Å²) >= 11 is 5.81. The van der Waals surface area contributed by atoms with Crippen molar-refractivity contribution in [3.63, 3.8) is 0 Å². The highest BCUT2D eigenvalue weighted by Gasteiger charge is 2.25. The van der Waals surface area contributed by atoms with Gasteiger partial charge >= 0.3 is 12.0 Å². The quantitative estimate of drug-likeness (QED) is 0.290. The third-order valence-corrected chi connectivity index (χ3v) is 7.06. The summed E-state index contributed by atoms with van der Waals surface area (Å²) in [5, 5.41) is 17.0. The number of para-hydroxylation sites is 1. The van der Waals surface area contributed by atoms with Crippen LogP contribution in [0, 0.1) is 11.3 Å². The van der Waals surface area contributed by atoms with Gasteiger partial charge in [0.2, 0.25) is 0 Å². The number of hydrogen-bond donors (Lipinski definition) is 2. The van der Waals surface area contributed by atoms with Crippen molar-refractivity contribution in [3.8, 4) is 11.8 Å². The molecule has 198 valence electrons. The minimum absolute atomic E-state index is 0.0573. The summed E-state index contributed by atoms with van der Waals surface area (Å²) in [6, 6.07) is 24.1. The van der Waals surface area contributed by atoms with Crippen LogP contribution < -0.4 is 10.0 Å². The maximum atomic E-state index is 12.8. The molecule has 4 rings (SSSR count). The van der Waals surface area contributed by atoms with E-state index in [0.717, 1.165) is 5.56 Å². The molecule has 1 aromatic heterocycles. The molecule has 0 saturated heterocycles. The molecule has 12 heteroatoms. The number of amides is 2. The molecular formula is C27H22ClN5O5S. The van der Waals surface area contributed by atoms with Crippen LogP contribution in [-0.4, -0.2) is 36.8 Å². The summed E-state index contributed by atoms with van der Waals surface area (Å²) in [5.41, 5.74) is 1.41. The summed E-state index contributed by atoms with van der Waals surface area (Å²) in [5.74, 6) is -0.721. The Hall–Kier alpha value is -4.66. The Labute approximate surface area is 229 Å². The number of nitrogens with zero attached hydrogens (tertiary/aromatic N) is 3. The number of nitrogens with one attached hydrogen (secondary N) is 2. The zero-order valence-electron chi connectivity index (χ0n) is 20.4. The first-order chi connectivity index (χ1) is 18.8. The number of hydrogen-bond acceptors (Lipinski definition) is 7. The van der Waals surface area contributed by atoms with Gasteiger partial charge in [-0.2, -0.15) is 10.4 Å². The minimum atomic E-state index is -4.25. The number of carbonyl (C=O) groups is 2. The van der Waals surface area contributed by atoms with Crippen LogP contribution in [0.5, 0.6) is 0 Å². The molecule has 4 aromatic rings. The lowest BCUT2D eigenvalue weighted by Crippen LogP contribution is -2.35. The first-order valence-electron chi connectivity index (χ1n) is 11.6. The van der Waals surface area contributed by atoms with Crippen LogP contribution >= 0.6 is 11.6 Å². The Morgan fingerprint density at radius 2 is 1.62 bits per heavy atom. The lowest BCUT2D eigenvalue weighted by molar-refractivity contribution is -0.142. The maximum absolute atomic E-state index is 12.8. The molecule has 3 aromatic carbocycles. The molecule has 0 radical (unpaired) electrons. The topological polar surface area (TPSA) is 143 Å². The lowest BCUT2D eigenvalue weighted by Gasteiger charge is -2.11. The number of anilines is 1. The normalized spacial score (nSPS) is 10.9. The second-order valence-electron chi connectivity index (χ2n) is 8.18. The van der Waals surface area contributed by atoms with Crippen LogP contribution in [0.1, 0.15) is 16.8 Å². The first kappa shape index (κ1) is 27.4. The summed E-state index contributed by atoms with van der Waals surface area (Å²) < 4.78 is 33.8. The van der Waals surface area contributed by atoms with Gasteiger partial charge in [-0.25, -0.2) is 22.6 Å². The van der Waals surface area contributed by atoms with Gasteiger partial charge in [0.1, 0.15) is 11.6 Å². The van der Waals surface area contributed by atoms with E-state index in [2.05, 4.69) is 10.4 Å². The predicted molar refractivity (Wildman–Crippen MR) is 144 cm³/mol. The highest BCUT2D eigenvalue weighted by molar-refractivity contribution is 7.90. The molecule has 10 nitrogen and oxygen atoms in total. The largest absolute Gasteiger partial charge is 0.465 e. The fourth-order valence-corrected chi connectivity index (χ4v) is 4.65. The van der Waals surface area contributed by atoms with Gasteiger partial charge in [0.05, 0.1) is 29.3 Å². The standard InChI is InChI=1S/C27H22ClN5O5S/c28-20-11-13-22(14-12-20)39(36,37)32-27(35)30-26-23(18-29)24(31-33(26)21-9-5-2-6-10-21)17-25(34)38-16-15-19-7-3-1-4-8-19/h1-14H,15-17H2,(H2,30,32,35). The number of sulfonamides is 1. The fourth-order valence-electron chi connectivity index (χ4n) is 3.62. The van der Waals surface area contributed by atoms with Crippen LogP contribution in [0.2, 0.25) is 5.02 Å². The van der Waals surface area contributed by atoms with Crippen molar-refractivity contribution in [2.75, 3.05) is 11.9 Å². The van der Waals surface area contributed by atoms with Crippen molar-refractivity contribution >= 4 is 39.4 Å². The third kappa shape index (κ3) is 7.01. The van der Waals surface area contributed by atoms with Crippen molar-refractivity contribution in [2.24, 2.45) is 0 Å². The smallest absolute Gasteiger partial charge is 0.334 e. The molecule has 0 bridgehead atoms. The van der Waals surface area contributed by atoms with Crippen molar-refractivity contribution in [2.45, 2.75) is 17.7 Å². The number of nitriles is 1. The van der Waals surface area contributed by atoms with E-state index in [-0.39, 0.29) is 35.0 Å². The van der Waals surface area contributed by atoms with Crippen molar-refractivity contribution in [3.05, 3.63) is 107 Å². The summed E-state index contributed by atoms with van der Waals surface area (Å²) in [7, 11) is -4.25. The van der Waals surface area contributed by atoms with Gasteiger partial charge in [-0.05, 0) is 42.0 Å². The molecule has 39 heavy (non-hydrogen) atoms. The molecule has 0 unspecified atom stereocenters. The number of carbonyl (C=O) groups excluding carboxylic acids is 2. The molecule has 2 amide bonds. The number of esters is 1. The Bertz CT molecular complexity index is 1620. The zero-order chi connectivity index (χ0) is 27.8. The van der Waals surface area contributed by atoms with Crippen molar-refractivity contribution in [1.29, 1.82) is 5.26 Å². The fraction of sp³-hybridized carbons (Fsp3) is 0.111. The van der Waals surface area contributed by atoms with E-state index in [4.69, 9.17) is 16.3 Å². The second-order valence-corrected chi connectivity index (χ2v) is 10.3. The molecule has 0 aliphatic heterocycles. The van der Waals surface area contributed by atoms with Gasteiger partial charge in [-0.3, -0.25) is 10.1 Å². The molecule has 0 spiro atoms. The van der Waals surface area contributed by atoms with Gasteiger partial charge in [-0.15, -0.1) is 0 Å². The molecule has 0 fully saturated rings. The molecule has 2 N–H and O–H groups in total. The Morgan fingerprint density at radius 1 is 0.974 bits per heavy atom. The molecule has 0 aliphatic rings. The maximum Gasteiger partial charge on any atom is 0.334 e. The van der Waals surface area contributed by atoms with E-state index in [0.29, 0.717) is 17.1 Å². The number of ether oxygens (including phenoxy) is 1. The van der Waals surface area contributed by atoms with E-state index in [1.54, 1.807) is 30.3 Å². The van der Waals surface area contributed by atoms with Crippen LogP contribution in [0.3, 0.4) is 0 Å². The first-order valence-corrected chi connectivity index (χ1v) is 13.5. The highest BCUT2D eigenvalue weighted by Crippen LogP contribution is 2.24. The van der Waals surface area contributed by atoms with Crippen molar-refractivity contribution in [1.82, 2.24) is 14.5 Å². The number of rotatable bonds is 9. The van der Waals surface area contributed by atoms with Gasteiger partial charge < -0.3 is 4.74 Å². The van der Waals surface area contributed by atoms with Gasteiger partial charge in [0.25, 0.3) is 10.0 Å². The van der Waals surface area contributed by atoms with Crippen LogP contribution in [-0.2, 0) is 32.4 Å². The van der Waals surface area contributed by atoms with E-state index in [1.165, 1.54) is 28.9 Å². The second kappa shape index (κ2) is 12.3. The van der Waals surface area contributed by atoms with E-state index >= 15 is 0 Å². The summed E-state index contributed by atoms with van der Waals surface area (Å²) in [6.45, 7) is 0.139. The number of benzene rings is 3. The van der Waals surface area contributed by atoms with Crippen LogP contribution in [0.15, 0.2) is 89.8 Å². The van der Waals surface area contributed by atoms with Crippen molar-refractivity contribution < 1.29 is 22.7 Å². The zero-order valence-corrected chi connectivity index (χ0v) is 21.9. The average Bonchev–Trinajstić information content (AvgIpc) is 3.25. The van der Waals surface area contributed by atoms with Gasteiger partial charge in [-0.1, -0.05) is 60.1 Å². The number of urea groups is 1. The minimum Gasteiger partial charge on any atom is -0.465 e. The number of aromatic nitrogens is 2. The molecule has 0 saturated carbocycles. The van der Waals surface area contributed by atoms with Gasteiger partial charge in [0, 0.05) is 11.4 Å². The monoisotopic (exact) mass is 563 g/mol. The molecule has 1 heterocycles. The third-order valence-electron chi connectivity index (χ3n) is 5.46. The van der Waals surface area contributed by atoms with E-state index in [1.807, 2.05) is 41.1 Å². The number of halogens is 1. The summed E-state index contributed by atoms with van der Waals surface area (Å²) in [4.78, 5) is 25.1. The Kier molecular flexibility index (Phi) is 8.60. The highest BCUT2D eigenvalue weighted by atomic mass is 35.5. The predicted octanol–water partition coefficient (Wildman–Crippen LogP) is 4.24. The van der Waals surface area contributed by atoms with E-state index in [9.17, 15) is 23.3 Å². The van der Waals surface area contributed by atoms with Crippen LogP contribution in [0.25, 0.3) is 5.69 Å². The Balaban J connectivity index is 1.55. The van der Waals surface area contributed by atoms with E-state index < -0.39 is 22.0 Å². The molecule has 0 aliphatic carbocycles. The summed E-state index contributed by atoms with van der Waals surface area (Å²) in [6.07, 6.45) is 0.183. The Morgan fingerprint density at radius 3 is 2.26 bits per heavy atom. The van der Waals surface area contributed by atoms with Gasteiger partial charge in [0.15, 0.2) is 5.82 Å². The molecular weight excluding hydrogens is 542 g/mol. The lowest BCUT2D eigenvalue weighted by atomic mass is 10.2.